The van der Waals surface area contributed by atoms with Crippen LogP contribution in [-0.2, 0) is 6.42 Å². The van der Waals surface area contributed by atoms with Crippen LogP contribution in [-0.4, -0.2) is 6.17 Å². The van der Waals surface area contributed by atoms with E-state index in [2.05, 4.69) is 143 Å². The second kappa shape index (κ2) is 9.08. The number of nitrogens with zero attached hydrogens (tertiary/aromatic N) is 3. The Balaban J connectivity index is 1.41. The number of pyridine rings is 1. The van der Waals surface area contributed by atoms with Crippen molar-refractivity contribution in [1.82, 2.24) is 0 Å². The molecule has 0 aliphatic carbocycles. The summed E-state index contributed by atoms with van der Waals surface area (Å²) in [5, 5.41) is 0. The Morgan fingerprint density at radius 1 is 0.784 bits per heavy atom. The van der Waals surface area contributed by atoms with Crippen LogP contribution in [0.2, 0.25) is 0 Å². The first-order chi connectivity index (χ1) is 18.3. The van der Waals surface area contributed by atoms with Gasteiger partial charge in [0, 0.05) is 47.9 Å². The van der Waals surface area contributed by atoms with Crippen LogP contribution < -0.4 is 14.4 Å². The molecule has 4 unspecified atom stereocenters. The van der Waals surface area contributed by atoms with Crippen molar-refractivity contribution >= 4 is 11.4 Å². The molecule has 182 valence electrons. The van der Waals surface area contributed by atoms with Gasteiger partial charge in [-0.2, -0.15) is 4.57 Å². The fourth-order valence-corrected chi connectivity index (χ4v) is 6.92. The van der Waals surface area contributed by atoms with Gasteiger partial charge >= 0.3 is 0 Å². The number of benzene rings is 3. The lowest BCUT2D eigenvalue weighted by Gasteiger charge is -2.41. The summed E-state index contributed by atoms with van der Waals surface area (Å²) in [5.41, 5.74) is 8.10. The lowest BCUT2D eigenvalue weighted by Crippen LogP contribution is -2.50. The summed E-state index contributed by atoms with van der Waals surface area (Å²) in [5.74, 6) is 0.676. The fraction of sp³-hybridized carbons (Fsp3) is 0.206. The molecular formula is C34H32N3+. The second-order valence-electron chi connectivity index (χ2n) is 10.4. The van der Waals surface area contributed by atoms with Gasteiger partial charge in [-0.1, -0.05) is 60.7 Å². The quantitative estimate of drug-likeness (QED) is 0.220. The van der Waals surface area contributed by atoms with E-state index in [-0.39, 0.29) is 6.17 Å². The molecule has 0 bridgehead atoms. The van der Waals surface area contributed by atoms with Crippen LogP contribution in [0.4, 0.5) is 11.4 Å². The molecule has 4 aromatic rings. The molecule has 3 aliphatic heterocycles. The topological polar surface area (TPSA) is 10.4 Å². The van der Waals surface area contributed by atoms with Crippen molar-refractivity contribution in [3.63, 3.8) is 0 Å². The number of aryl methyl sites for hydroxylation is 1. The van der Waals surface area contributed by atoms with Gasteiger partial charge in [-0.15, -0.1) is 6.58 Å². The Hall–Kier alpha value is -4.11. The lowest BCUT2D eigenvalue weighted by molar-refractivity contribution is -0.719. The zero-order chi connectivity index (χ0) is 24.8. The van der Waals surface area contributed by atoms with Gasteiger partial charge in [0.25, 0.3) is 0 Å². The average molecular weight is 483 g/mol. The standard InChI is InChI=1S/C34H32N3/c1-2-25-24-33-35(27-13-4-3-5-14-27)22-23-37(33)30-17-9-6-12-26(30)19-20-32-34(25)29-16-8-7-15-28(29)31-18-10-11-21-36(31)32/h2-18,21-23,25,32-34H,1,19-20,24H2/q+1. The summed E-state index contributed by atoms with van der Waals surface area (Å²) >= 11 is 0. The predicted molar refractivity (Wildman–Crippen MR) is 151 cm³/mol. The molecule has 0 radical (unpaired) electrons. The number of hydrogen-bond donors (Lipinski definition) is 0. The maximum atomic E-state index is 4.42. The molecule has 0 N–H and O–H groups in total. The number of allylic oxidation sites excluding steroid dienone is 1. The van der Waals surface area contributed by atoms with Crippen molar-refractivity contribution in [3.05, 3.63) is 139 Å². The van der Waals surface area contributed by atoms with E-state index in [9.17, 15) is 0 Å². The van der Waals surface area contributed by atoms with E-state index >= 15 is 0 Å². The summed E-state index contributed by atoms with van der Waals surface area (Å²) in [6, 6.07) is 35.8. The molecule has 3 heteroatoms. The normalized spacial score (nSPS) is 23.8. The molecule has 4 atom stereocenters. The third-order valence-corrected chi connectivity index (χ3v) is 8.57. The molecule has 0 spiro atoms. The van der Waals surface area contributed by atoms with Crippen LogP contribution in [0.5, 0.6) is 0 Å². The first-order valence-electron chi connectivity index (χ1n) is 13.4. The minimum Gasteiger partial charge on any atom is -0.325 e. The summed E-state index contributed by atoms with van der Waals surface area (Å²) in [6.07, 6.45) is 12.3. The molecule has 4 heterocycles. The number of aromatic nitrogens is 1. The smallest absolute Gasteiger partial charge is 0.213 e. The molecule has 1 aromatic heterocycles. The van der Waals surface area contributed by atoms with E-state index in [0.29, 0.717) is 17.9 Å². The molecule has 0 fully saturated rings. The molecular weight excluding hydrogens is 450 g/mol. The molecule has 7 rings (SSSR count). The first-order valence-corrected chi connectivity index (χ1v) is 13.4. The van der Waals surface area contributed by atoms with Crippen LogP contribution in [0, 0.1) is 5.92 Å². The zero-order valence-electron chi connectivity index (χ0n) is 21.0. The molecule has 0 amide bonds. The maximum Gasteiger partial charge on any atom is 0.213 e. The maximum absolute atomic E-state index is 4.42. The summed E-state index contributed by atoms with van der Waals surface area (Å²) < 4.78 is 2.55. The van der Waals surface area contributed by atoms with Crippen LogP contribution >= 0.6 is 0 Å². The van der Waals surface area contributed by atoms with E-state index in [1.165, 1.54) is 33.8 Å². The number of fused-ring (bicyclic) bond motifs is 9. The number of rotatable bonds is 2. The summed E-state index contributed by atoms with van der Waals surface area (Å²) in [4.78, 5) is 4.94. The first kappa shape index (κ1) is 22.1. The van der Waals surface area contributed by atoms with E-state index < -0.39 is 0 Å². The highest BCUT2D eigenvalue weighted by molar-refractivity contribution is 5.66. The van der Waals surface area contributed by atoms with Gasteiger partial charge in [0.1, 0.15) is 6.17 Å². The molecule has 3 nitrogen and oxygen atoms in total. The number of anilines is 2. The minimum atomic E-state index is 0.180. The minimum absolute atomic E-state index is 0.180. The van der Waals surface area contributed by atoms with Crippen molar-refractivity contribution < 1.29 is 4.57 Å². The van der Waals surface area contributed by atoms with Crippen molar-refractivity contribution in [2.24, 2.45) is 5.92 Å². The molecule has 0 saturated carbocycles. The summed E-state index contributed by atoms with van der Waals surface area (Å²) in [6.45, 7) is 4.42. The molecule has 3 aromatic carbocycles. The Bertz CT molecular complexity index is 1470. The predicted octanol–water partition coefficient (Wildman–Crippen LogP) is 7.24. The van der Waals surface area contributed by atoms with Gasteiger partial charge in [0.15, 0.2) is 12.2 Å². The molecule has 37 heavy (non-hydrogen) atoms. The van der Waals surface area contributed by atoms with Crippen LogP contribution in [0.1, 0.15) is 35.9 Å². The van der Waals surface area contributed by atoms with Gasteiger partial charge in [-0.3, -0.25) is 0 Å². The van der Waals surface area contributed by atoms with Crippen molar-refractivity contribution in [2.75, 3.05) is 9.80 Å². The van der Waals surface area contributed by atoms with E-state index in [0.717, 1.165) is 19.3 Å². The van der Waals surface area contributed by atoms with Crippen LogP contribution in [0.25, 0.3) is 11.3 Å². The Morgan fingerprint density at radius 3 is 2.43 bits per heavy atom. The van der Waals surface area contributed by atoms with Gasteiger partial charge in [-0.25, -0.2) is 0 Å². The molecule has 3 aliphatic rings. The van der Waals surface area contributed by atoms with Gasteiger partial charge in [-0.05, 0) is 60.2 Å². The highest BCUT2D eigenvalue weighted by Gasteiger charge is 2.45. The van der Waals surface area contributed by atoms with Gasteiger partial charge in [0.2, 0.25) is 5.69 Å². The Morgan fingerprint density at radius 2 is 1.54 bits per heavy atom. The summed E-state index contributed by atoms with van der Waals surface area (Å²) in [7, 11) is 0. The van der Waals surface area contributed by atoms with Gasteiger partial charge in [0.05, 0.1) is 5.92 Å². The SMILES string of the molecule is C=CC1CC2N(c3ccccc3)C=CN2c2ccccc2CCC2C1c1ccccc1-c1cccc[n+]12. The van der Waals surface area contributed by atoms with Crippen LogP contribution in [0.15, 0.2) is 128 Å². The lowest BCUT2D eigenvalue weighted by atomic mass is 9.72. The third-order valence-electron chi connectivity index (χ3n) is 8.57. The van der Waals surface area contributed by atoms with E-state index in [1.807, 2.05) is 0 Å². The largest absolute Gasteiger partial charge is 0.325 e. The highest BCUT2D eigenvalue weighted by atomic mass is 15.4. The number of hydrogen-bond acceptors (Lipinski definition) is 2. The van der Waals surface area contributed by atoms with Crippen molar-refractivity contribution in [3.8, 4) is 11.3 Å². The average Bonchev–Trinajstić information content (AvgIpc) is 3.38. The van der Waals surface area contributed by atoms with Crippen molar-refractivity contribution in [1.29, 1.82) is 0 Å². The van der Waals surface area contributed by atoms with Gasteiger partial charge < -0.3 is 9.80 Å². The molecule has 0 saturated heterocycles. The number of para-hydroxylation sites is 2. The van der Waals surface area contributed by atoms with E-state index in [4.69, 9.17) is 0 Å². The fourth-order valence-electron chi connectivity index (χ4n) is 6.92. The zero-order valence-corrected chi connectivity index (χ0v) is 21.0. The Labute approximate surface area is 219 Å². The Kier molecular flexibility index (Phi) is 5.43. The van der Waals surface area contributed by atoms with Crippen molar-refractivity contribution in [2.45, 2.75) is 37.4 Å². The van der Waals surface area contributed by atoms with Crippen LogP contribution in [0.3, 0.4) is 0 Å². The third kappa shape index (κ3) is 3.61. The van der Waals surface area contributed by atoms with E-state index in [1.54, 1.807) is 0 Å². The highest BCUT2D eigenvalue weighted by Crippen LogP contribution is 2.48. The second-order valence-corrected chi connectivity index (χ2v) is 10.4. The monoisotopic (exact) mass is 482 g/mol.